The SMILES string of the molecule is COCCN1C(=O)CC[C@]2(CNC(=O)c3ccncc3F)CCC[C@@H]12. The third-order valence-electron chi connectivity index (χ3n) is 5.55. The second kappa shape index (κ2) is 7.47. The molecule has 2 fully saturated rings. The average Bonchev–Trinajstić information content (AvgIpc) is 3.04. The van der Waals surface area contributed by atoms with Gasteiger partial charge in [-0.05, 0) is 25.3 Å². The number of pyridine rings is 1. The Bertz CT molecular complexity index is 654. The number of hydrogen-bond acceptors (Lipinski definition) is 4. The Labute approximate surface area is 146 Å². The maximum absolute atomic E-state index is 13.7. The van der Waals surface area contributed by atoms with Crippen molar-refractivity contribution >= 4 is 11.8 Å². The third-order valence-corrected chi connectivity index (χ3v) is 5.55. The molecule has 1 saturated carbocycles. The van der Waals surface area contributed by atoms with E-state index in [4.69, 9.17) is 4.74 Å². The highest BCUT2D eigenvalue weighted by molar-refractivity contribution is 5.94. The summed E-state index contributed by atoms with van der Waals surface area (Å²) >= 11 is 0. The van der Waals surface area contributed by atoms with Crippen LogP contribution in [0.15, 0.2) is 18.5 Å². The number of rotatable bonds is 6. The van der Waals surface area contributed by atoms with Crippen LogP contribution in [0.2, 0.25) is 0 Å². The maximum Gasteiger partial charge on any atom is 0.254 e. The first kappa shape index (κ1) is 17.8. The van der Waals surface area contributed by atoms with Gasteiger partial charge < -0.3 is 15.0 Å². The van der Waals surface area contributed by atoms with Crippen molar-refractivity contribution in [2.24, 2.45) is 5.41 Å². The molecule has 0 radical (unpaired) electrons. The van der Waals surface area contributed by atoms with E-state index in [1.807, 2.05) is 4.90 Å². The number of carbonyl (C=O) groups is 2. The van der Waals surface area contributed by atoms with Crippen molar-refractivity contribution in [1.82, 2.24) is 15.2 Å². The summed E-state index contributed by atoms with van der Waals surface area (Å²) < 4.78 is 18.9. The van der Waals surface area contributed by atoms with Crippen LogP contribution in [-0.4, -0.2) is 54.5 Å². The van der Waals surface area contributed by atoms with Crippen LogP contribution in [0.3, 0.4) is 0 Å². The molecule has 3 rings (SSSR count). The van der Waals surface area contributed by atoms with Crippen molar-refractivity contribution in [2.45, 2.75) is 38.1 Å². The van der Waals surface area contributed by atoms with Gasteiger partial charge in [0.15, 0.2) is 5.82 Å². The van der Waals surface area contributed by atoms with E-state index in [2.05, 4.69) is 10.3 Å². The molecule has 1 aromatic heterocycles. The van der Waals surface area contributed by atoms with Gasteiger partial charge in [-0.2, -0.15) is 0 Å². The first-order chi connectivity index (χ1) is 12.1. The van der Waals surface area contributed by atoms with Crippen molar-refractivity contribution < 1.29 is 18.7 Å². The number of methoxy groups -OCH3 is 1. The summed E-state index contributed by atoms with van der Waals surface area (Å²) in [6.45, 7) is 1.54. The fourth-order valence-electron chi connectivity index (χ4n) is 4.25. The van der Waals surface area contributed by atoms with Gasteiger partial charge in [0.1, 0.15) is 0 Å². The molecule has 1 aliphatic carbocycles. The second-order valence-electron chi connectivity index (χ2n) is 6.89. The molecule has 2 heterocycles. The number of likely N-dealkylation sites (tertiary alicyclic amines) is 1. The van der Waals surface area contributed by atoms with Crippen LogP contribution >= 0.6 is 0 Å². The van der Waals surface area contributed by atoms with Gasteiger partial charge in [-0.3, -0.25) is 14.6 Å². The molecule has 1 N–H and O–H groups in total. The Morgan fingerprint density at radius 3 is 3.12 bits per heavy atom. The minimum atomic E-state index is -0.624. The van der Waals surface area contributed by atoms with Gasteiger partial charge >= 0.3 is 0 Å². The average molecular weight is 349 g/mol. The predicted molar refractivity (Wildman–Crippen MR) is 89.4 cm³/mol. The molecule has 0 aromatic carbocycles. The summed E-state index contributed by atoms with van der Waals surface area (Å²) in [6.07, 6.45) is 6.62. The van der Waals surface area contributed by atoms with E-state index in [1.165, 1.54) is 12.3 Å². The number of carbonyl (C=O) groups excluding carboxylic acids is 2. The van der Waals surface area contributed by atoms with Crippen molar-refractivity contribution in [2.75, 3.05) is 26.8 Å². The summed E-state index contributed by atoms with van der Waals surface area (Å²) in [6, 6.07) is 1.50. The zero-order chi connectivity index (χ0) is 17.9. The lowest BCUT2D eigenvalue weighted by atomic mass is 9.74. The monoisotopic (exact) mass is 349 g/mol. The third kappa shape index (κ3) is 3.51. The quantitative estimate of drug-likeness (QED) is 0.849. The molecule has 0 unspecified atom stereocenters. The van der Waals surface area contributed by atoms with Crippen LogP contribution in [0.4, 0.5) is 4.39 Å². The minimum Gasteiger partial charge on any atom is -0.383 e. The van der Waals surface area contributed by atoms with Crippen LogP contribution in [0, 0.1) is 11.2 Å². The van der Waals surface area contributed by atoms with Gasteiger partial charge in [0, 0.05) is 44.3 Å². The molecule has 2 atom stereocenters. The molecule has 0 spiro atoms. The summed E-state index contributed by atoms with van der Waals surface area (Å²) in [5.41, 5.74) is -0.120. The first-order valence-corrected chi connectivity index (χ1v) is 8.73. The molecule has 2 aliphatic rings. The van der Waals surface area contributed by atoms with Crippen molar-refractivity contribution in [3.63, 3.8) is 0 Å². The first-order valence-electron chi connectivity index (χ1n) is 8.73. The van der Waals surface area contributed by atoms with E-state index in [9.17, 15) is 14.0 Å². The lowest BCUT2D eigenvalue weighted by Gasteiger charge is -2.46. The number of aromatic nitrogens is 1. The maximum atomic E-state index is 13.7. The number of nitrogens with zero attached hydrogens (tertiary/aromatic N) is 2. The standard InChI is InChI=1S/C18H24FN3O3/c1-25-10-9-22-15-3-2-6-18(15,7-4-16(22)23)12-21-17(24)13-5-8-20-11-14(13)19/h5,8,11,15H,2-4,6-7,9-10,12H2,1H3,(H,21,24)/t15-,18+/m1/s1. The highest BCUT2D eigenvalue weighted by Crippen LogP contribution is 2.47. The number of amides is 2. The Kier molecular flexibility index (Phi) is 5.32. The molecule has 7 heteroatoms. The van der Waals surface area contributed by atoms with Crippen molar-refractivity contribution in [3.8, 4) is 0 Å². The van der Waals surface area contributed by atoms with Crippen LogP contribution in [-0.2, 0) is 9.53 Å². The van der Waals surface area contributed by atoms with Gasteiger partial charge in [-0.1, -0.05) is 6.42 Å². The molecular weight excluding hydrogens is 325 g/mol. The Balaban J connectivity index is 1.71. The van der Waals surface area contributed by atoms with Gasteiger partial charge in [0.2, 0.25) is 5.91 Å². The number of fused-ring (bicyclic) bond motifs is 1. The van der Waals surface area contributed by atoms with Crippen LogP contribution < -0.4 is 5.32 Å². The number of ether oxygens (including phenoxy) is 1. The summed E-state index contributed by atoms with van der Waals surface area (Å²) in [7, 11) is 1.62. The number of halogens is 1. The summed E-state index contributed by atoms with van der Waals surface area (Å²) in [5, 5.41) is 2.89. The largest absolute Gasteiger partial charge is 0.383 e. The van der Waals surface area contributed by atoms with E-state index in [0.29, 0.717) is 26.1 Å². The zero-order valence-electron chi connectivity index (χ0n) is 14.5. The van der Waals surface area contributed by atoms with E-state index in [-0.39, 0.29) is 22.9 Å². The number of piperidine rings is 1. The minimum absolute atomic E-state index is 0.00377. The summed E-state index contributed by atoms with van der Waals surface area (Å²) in [4.78, 5) is 30.2. The normalized spacial score (nSPS) is 25.8. The van der Waals surface area contributed by atoms with Gasteiger partial charge in [0.25, 0.3) is 5.91 Å². The molecule has 6 nitrogen and oxygen atoms in total. The van der Waals surface area contributed by atoms with E-state index >= 15 is 0 Å². The highest BCUT2D eigenvalue weighted by atomic mass is 19.1. The van der Waals surface area contributed by atoms with Gasteiger partial charge in [-0.25, -0.2) is 4.39 Å². The highest BCUT2D eigenvalue weighted by Gasteiger charge is 2.50. The van der Waals surface area contributed by atoms with Gasteiger partial charge in [0.05, 0.1) is 18.4 Å². The van der Waals surface area contributed by atoms with Crippen LogP contribution in [0.25, 0.3) is 0 Å². The topological polar surface area (TPSA) is 71.5 Å². The van der Waals surface area contributed by atoms with Crippen LogP contribution in [0.1, 0.15) is 42.5 Å². The number of nitrogens with one attached hydrogen (secondary N) is 1. The summed E-state index contributed by atoms with van der Waals surface area (Å²) in [5.74, 6) is -0.896. The van der Waals surface area contributed by atoms with E-state index in [1.54, 1.807) is 7.11 Å². The Morgan fingerprint density at radius 2 is 2.36 bits per heavy atom. The molecular formula is C18H24FN3O3. The Morgan fingerprint density at radius 1 is 1.52 bits per heavy atom. The molecule has 2 amide bonds. The lowest BCUT2D eigenvalue weighted by Crippen LogP contribution is -2.56. The number of hydrogen-bond donors (Lipinski definition) is 1. The van der Waals surface area contributed by atoms with E-state index < -0.39 is 11.7 Å². The van der Waals surface area contributed by atoms with Crippen molar-refractivity contribution in [1.29, 1.82) is 0 Å². The van der Waals surface area contributed by atoms with E-state index in [0.717, 1.165) is 31.9 Å². The fraction of sp³-hybridized carbons (Fsp3) is 0.611. The second-order valence-corrected chi connectivity index (χ2v) is 6.89. The van der Waals surface area contributed by atoms with Gasteiger partial charge in [-0.15, -0.1) is 0 Å². The molecule has 1 aliphatic heterocycles. The van der Waals surface area contributed by atoms with Crippen molar-refractivity contribution in [3.05, 3.63) is 29.8 Å². The molecule has 1 saturated heterocycles. The van der Waals surface area contributed by atoms with Crippen LogP contribution in [0.5, 0.6) is 0 Å². The molecule has 1 aromatic rings. The molecule has 25 heavy (non-hydrogen) atoms. The zero-order valence-corrected chi connectivity index (χ0v) is 14.5. The predicted octanol–water partition coefficient (Wildman–Crippen LogP) is 1.76. The lowest BCUT2D eigenvalue weighted by molar-refractivity contribution is -0.142. The fourth-order valence-corrected chi connectivity index (χ4v) is 4.25. The molecule has 136 valence electrons. The molecule has 0 bridgehead atoms. The Hall–Kier alpha value is -2.02. The smallest absolute Gasteiger partial charge is 0.254 e.